The first kappa shape index (κ1) is 14.1. The molecule has 0 atom stereocenters. The fraction of sp³-hybridized carbons (Fsp3) is 0.389. The smallest absolute Gasteiger partial charge is 0.127 e. The first-order valence-electron chi connectivity index (χ1n) is 7.46. The van der Waals surface area contributed by atoms with E-state index in [4.69, 9.17) is 4.74 Å². The molecular weight excluding hydrogens is 260 g/mol. The molecule has 3 heteroatoms. The van der Waals surface area contributed by atoms with Crippen LogP contribution in [0.15, 0.2) is 36.4 Å². The molecule has 0 saturated carbocycles. The van der Waals surface area contributed by atoms with Crippen molar-refractivity contribution >= 4 is 0 Å². The zero-order chi connectivity index (χ0) is 14.9. The number of fused-ring (bicyclic) bond motifs is 1. The fourth-order valence-corrected chi connectivity index (χ4v) is 2.84. The molecule has 0 radical (unpaired) electrons. The van der Waals surface area contributed by atoms with Crippen molar-refractivity contribution in [2.75, 3.05) is 0 Å². The summed E-state index contributed by atoms with van der Waals surface area (Å²) in [5.74, 6) is 1.06. The molecular formula is C18H22N2O. The van der Waals surface area contributed by atoms with E-state index in [2.05, 4.69) is 48.4 Å². The lowest BCUT2D eigenvalue weighted by Gasteiger charge is -2.18. The molecule has 0 saturated heterocycles. The molecule has 0 spiro atoms. The van der Waals surface area contributed by atoms with Gasteiger partial charge in [0.05, 0.1) is 5.69 Å². The lowest BCUT2D eigenvalue weighted by molar-refractivity contribution is 0.137. The van der Waals surface area contributed by atoms with Crippen molar-refractivity contribution in [1.82, 2.24) is 10.3 Å². The van der Waals surface area contributed by atoms with Gasteiger partial charge in [0.1, 0.15) is 11.4 Å². The molecule has 0 aliphatic carbocycles. The molecule has 21 heavy (non-hydrogen) atoms. The number of hydrogen-bond donors (Lipinski definition) is 1. The summed E-state index contributed by atoms with van der Waals surface area (Å²) in [5, 5.41) is 3.46. The average molecular weight is 282 g/mol. The highest BCUT2D eigenvalue weighted by Gasteiger charge is 2.31. The highest BCUT2D eigenvalue weighted by Crippen LogP contribution is 2.37. The van der Waals surface area contributed by atoms with Gasteiger partial charge in [0.2, 0.25) is 0 Å². The summed E-state index contributed by atoms with van der Waals surface area (Å²) < 4.78 is 6.09. The van der Waals surface area contributed by atoms with Gasteiger partial charge in [-0.25, -0.2) is 0 Å². The Labute approximate surface area is 126 Å². The SMILES string of the molecule is Cc1cccc(CNCc2cccc3c2OC(C)(C)C3)n1. The first-order valence-corrected chi connectivity index (χ1v) is 7.46. The van der Waals surface area contributed by atoms with E-state index in [1.807, 2.05) is 19.1 Å². The number of rotatable bonds is 4. The third kappa shape index (κ3) is 3.24. The third-order valence-corrected chi connectivity index (χ3v) is 3.74. The average Bonchev–Trinajstić information content (AvgIpc) is 2.74. The minimum absolute atomic E-state index is 0.0868. The van der Waals surface area contributed by atoms with Crippen LogP contribution in [0.5, 0.6) is 5.75 Å². The van der Waals surface area contributed by atoms with Crippen LogP contribution in [-0.4, -0.2) is 10.6 Å². The summed E-state index contributed by atoms with van der Waals surface area (Å²) >= 11 is 0. The summed E-state index contributed by atoms with van der Waals surface area (Å²) in [4.78, 5) is 4.51. The van der Waals surface area contributed by atoms with E-state index in [0.717, 1.165) is 36.6 Å². The summed E-state index contributed by atoms with van der Waals surface area (Å²) in [5.41, 5.74) is 4.58. The number of aryl methyl sites for hydroxylation is 1. The second-order valence-corrected chi connectivity index (χ2v) is 6.32. The van der Waals surface area contributed by atoms with Crippen molar-refractivity contribution in [3.05, 3.63) is 58.9 Å². The Morgan fingerprint density at radius 3 is 2.76 bits per heavy atom. The Kier molecular flexibility index (Phi) is 3.68. The summed E-state index contributed by atoms with van der Waals surface area (Å²) in [7, 11) is 0. The molecule has 1 aliphatic rings. The molecule has 0 unspecified atom stereocenters. The largest absolute Gasteiger partial charge is 0.487 e. The monoisotopic (exact) mass is 282 g/mol. The van der Waals surface area contributed by atoms with Crippen molar-refractivity contribution in [2.45, 2.75) is 45.9 Å². The Bertz CT molecular complexity index is 649. The van der Waals surface area contributed by atoms with Crippen molar-refractivity contribution in [3.8, 4) is 5.75 Å². The zero-order valence-electron chi connectivity index (χ0n) is 12.9. The van der Waals surface area contributed by atoms with Gasteiger partial charge < -0.3 is 10.1 Å². The minimum Gasteiger partial charge on any atom is -0.487 e. The van der Waals surface area contributed by atoms with Crippen LogP contribution in [0.2, 0.25) is 0 Å². The fourth-order valence-electron chi connectivity index (χ4n) is 2.84. The van der Waals surface area contributed by atoms with E-state index in [0.29, 0.717) is 0 Å². The van der Waals surface area contributed by atoms with Gasteiger partial charge in [0.15, 0.2) is 0 Å². The van der Waals surface area contributed by atoms with Crippen LogP contribution < -0.4 is 10.1 Å². The van der Waals surface area contributed by atoms with Crippen LogP contribution in [0.4, 0.5) is 0 Å². The van der Waals surface area contributed by atoms with Gasteiger partial charge in [-0.1, -0.05) is 24.3 Å². The highest BCUT2D eigenvalue weighted by atomic mass is 16.5. The quantitative estimate of drug-likeness (QED) is 0.933. The molecule has 2 heterocycles. The predicted molar refractivity (Wildman–Crippen MR) is 84.4 cm³/mol. The number of nitrogens with one attached hydrogen (secondary N) is 1. The topological polar surface area (TPSA) is 34.1 Å². The van der Waals surface area contributed by atoms with Crippen molar-refractivity contribution in [3.63, 3.8) is 0 Å². The molecule has 1 aliphatic heterocycles. The van der Waals surface area contributed by atoms with Gasteiger partial charge in [-0.2, -0.15) is 0 Å². The number of aromatic nitrogens is 1. The third-order valence-electron chi connectivity index (χ3n) is 3.74. The van der Waals surface area contributed by atoms with E-state index in [9.17, 15) is 0 Å². The van der Waals surface area contributed by atoms with Gasteiger partial charge >= 0.3 is 0 Å². The Morgan fingerprint density at radius 2 is 1.95 bits per heavy atom. The lowest BCUT2D eigenvalue weighted by Crippen LogP contribution is -2.25. The molecule has 1 aromatic heterocycles. The van der Waals surface area contributed by atoms with Gasteiger partial charge in [0, 0.05) is 30.8 Å². The highest BCUT2D eigenvalue weighted by molar-refractivity contribution is 5.45. The van der Waals surface area contributed by atoms with Gasteiger partial charge in [-0.15, -0.1) is 0 Å². The number of nitrogens with zero attached hydrogens (tertiary/aromatic N) is 1. The lowest BCUT2D eigenvalue weighted by atomic mass is 10.0. The van der Waals surface area contributed by atoms with Crippen LogP contribution >= 0.6 is 0 Å². The molecule has 2 aromatic rings. The maximum atomic E-state index is 6.09. The zero-order valence-corrected chi connectivity index (χ0v) is 12.9. The number of ether oxygens (including phenoxy) is 1. The maximum Gasteiger partial charge on any atom is 0.127 e. The Balaban J connectivity index is 1.66. The molecule has 110 valence electrons. The van der Waals surface area contributed by atoms with Crippen LogP contribution in [0.1, 0.15) is 36.4 Å². The molecule has 3 rings (SSSR count). The molecule has 1 aromatic carbocycles. The first-order chi connectivity index (χ1) is 10.0. The van der Waals surface area contributed by atoms with Crippen LogP contribution in [-0.2, 0) is 19.5 Å². The molecule has 0 fully saturated rings. The van der Waals surface area contributed by atoms with Crippen molar-refractivity contribution in [1.29, 1.82) is 0 Å². The normalized spacial score (nSPS) is 15.6. The van der Waals surface area contributed by atoms with Gasteiger partial charge in [-0.05, 0) is 38.5 Å². The van der Waals surface area contributed by atoms with Crippen LogP contribution in [0, 0.1) is 6.92 Å². The summed E-state index contributed by atoms with van der Waals surface area (Å²) in [6.45, 7) is 7.87. The molecule has 3 nitrogen and oxygen atoms in total. The van der Waals surface area contributed by atoms with E-state index in [1.54, 1.807) is 0 Å². The Morgan fingerprint density at radius 1 is 1.14 bits per heavy atom. The van der Waals surface area contributed by atoms with E-state index in [1.165, 1.54) is 11.1 Å². The minimum atomic E-state index is -0.0868. The van der Waals surface area contributed by atoms with Crippen LogP contribution in [0.25, 0.3) is 0 Å². The van der Waals surface area contributed by atoms with E-state index >= 15 is 0 Å². The van der Waals surface area contributed by atoms with E-state index in [-0.39, 0.29) is 5.60 Å². The van der Waals surface area contributed by atoms with Gasteiger partial charge in [0.25, 0.3) is 0 Å². The van der Waals surface area contributed by atoms with Crippen molar-refractivity contribution in [2.24, 2.45) is 0 Å². The Hall–Kier alpha value is -1.87. The second kappa shape index (κ2) is 5.49. The summed E-state index contributed by atoms with van der Waals surface area (Å²) in [6, 6.07) is 12.5. The predicted octanol–water partition coefficient (Wildman–Crippen LogP) is 3.39. The van der Waals surface area contributed by atoms with E-state index < -0.39 is 0 Å². The second-order valence-electron chi connectivity index (χ2n) is 6.32. The number of hydrogen-bond acceptors (Lipinski definition) is 3. The number of para-hydroxylation sites is 1. The number of benzene rings is 1. The van der Waals surface area contributed by atoms with Gasteiger partial charge in [-0.3, -0.25) is 4.98 Å². The molecule has 0 amide bonds. The summed E-state index contributed by atoms with van der Waals surface area (Å²) in [6.07, 6.45) is 0.982. The number of pyridine rings is 1. The maximum absolute atomic E-state index is 6.09. The molecule has 1 N–H and O–H groups in total. The van der Waals surface area contributed by atoms with Crippen LogP contribution in [0.3, 0.4) is 0 Å². The standard InChI is InChI=1S/C18H22N2O/c1-13-6-4-9-16(20-13)12-19-11-15-8-5-7-14-10-18(2,3)21-17(14)15/h4-9,19H,10-12H2,1-3H3. The molecule has 0 bridgehead atoms. The van der Waals surface area contributed by atoms with Crippen molar-refractivity contribution < 1.29 is 4.74 Å².